The second kappa shape index (κ2) is 10.5. The normalized spacial score (nSPS) is 13.8. The van der Waals surface area contributed by atoms with E-state index in [1.165, 1.54) is 19.4 Å². The molecule has 13 heteroatoms. The molecule has 204 valence electrons. The molecule has 3 N–H and O–H groups in total. The van der Waals surface area contributed by atoms with Crippen LogP contribution < -0.4 is 15.2 Å². The van der Waals surface area contributed by atoms with E-state index in [4.69, 9.17) is 10.5 Å². The van der Waals surface area contributed by atoms with Crippen molar-refractivity contribution >= 4 is 38.6 Å². The molecule has 3 heterocycles. The number of benzene rings is 2. The summed E-state index contributed by atoms with van der Waals surface area (Å²) in [5.41, 5.74) is 8.85. The second-order valence-electron chi connectivity index (χ2n) is 9.12. The highest BCUT2D eigenvalue weighted by atomic mass is 32.2. The van der Waals surface area contributed by atoms with Crippen molar-refractivity contribution < 1.29 is 26.7 Å². The molecule has 0 bridgehead atoms. The average molecular weight is 557 g/mol. The van der Waals surface area contributed by atoms with Gasteiger partial charge in [-0.15, -0.1) is 0 Å². The third-order valence-corrected chi connectivity index (χ3v) is 7.96. The minimum atomic E-state index is -4.42. The van der Waals surface area contributed by atoms with Crippen LogP contribution in [0, 0.1) is 11.6 Å². The van der Waals surface area contributed by atoms with Crippen molar-refractivity contribution in [2.24, 2.45) is 0 Å². The first kappa shape index (κ1) is 26.4. The number of likely N-dealkylation sites (tertiary alicyclic amines) is 1. The molecular formula is C26H26F2N6O4S. The topological polar surface area (TPSA) is 132 Å². The van der Waals surface area contributed by atoms with Gasteiger partial charge in [0.25, 0.3) is 10.0 Å². The van der Waals surface area contributed by atoms with Crippen molar-refractivity contribution in [2.45, 2.75) is 30.7 Å². The molecule has 0 aliphatic carbocycles. The summed E-state index contributed by atoms with van der Waals surface area (Å²) < 4.78 is 62.6. The zero-order valence-electron chi connectivity index (χ0n) is 21.0. The highest BCUT2D eigenvalue weighted by molar-refractivity contribution is 7.92. The van der Waals surface area contributed by atoms with Gasteiger partial charge in [-0.1, -0.05) is 6.07 Å². The van der Waals surface area contributed by atoms with Gasteiger partial charge < -0.3 is 19.9 Å². The summed E-state index contributed by atoms with van der Waals surface area (Å²) in [5, 5.41) is 0. The van der Waals surface area contributed by atoms with Gasteiger partial charge in [0.2, 0.25) is 17.7 Å². The number of ether oxygens (including phenoxy) is 1. The summed E-state index contributed by atoms with van der Waals surface area (Å²) >= 11 is 0. The van der Waals surface area contributed by atoms with Crippen LogP contribution in [0.15, 0.2) is 53.6 Å². The summed E-state index contributed by atoms with van der Waals surface area (Å²) in [6, 6.07) is 9.16. The molecule has 39 heavy (non-hydrogen) atoms. The highest BCUT2D eigenvalue weighted by Gasteiger charge is 2.23. The monoisotopic (exact) mass is 556 g/mol. The Kier molecular flexibility index (Phi) is 7.08. The maximum atomic E-state index is 14.2. The van der Waals surface area contributed by atoms with Crippen LogP contribution in [-0.2, 0) is 21.4 Å². The standard InChI is InChI=1S/C26H26F2N6O4S/c1-38-25-21(32-39(36,37)23-8-6-18(27)14-19(23)28)12-17(15-30-25)16-5-7-20-22(13-16)34(26(29)31-20)11-3-10-33-9-2-4-24(33)35/h5-8,12-15,32H,2-4,9-11H2,1H3,(H2,29,31). The molecule has 0 atom stereocenters. The first-order valence-corrected chi connectivity index (χ1v) is 13.7. The summed E-state index contributed by atoms with van der Waals surface area (Å²) in [6.07, 6.45) is 3.69. The van der Waals surface area contributed by atoms with Crippen molar-refractivity contribution in [1.82, 2.24) is 19.4 Å². The van der Waals surface area contributed by atoms with Crippen LogP contribution in [0.5, 0.6) is 5.88 Å². The third-order valence-electron chi connectivity index (χ3n) is 6.56. The van der Waals surface area contributed by atoms with Gasteiger partial charge in [-0.25, -0.2) is 27.2 Å². The quantitative estimate of drug-likeness (QED) is 0.321. The molecule has 4 aromatic rings. The number of rotatable bonds is 9. The molecule has 0 spiro atoms. The Morgan fingerprint density at radius 2 is 1.92 bits per heavy atom. The molecule has 5 rings (SSSR count). The number of sulfonamides is 1. The van der Waals surface area contributed by atoms with Crippen LogP contribution in [0.1, 0.15) is 19.3 Å². The number of nitrogens with two attached hydrogens (primary N) is 1. The number of aryl methyl sites for hydroxylation is 1. The molecule has 1 amide bonds. The van der Waals surface area contributed by atoms with E-state index in [1.807, 2.05) is 15.5 Å². The first-order valence-electron chi connectivity index (χ1n) is 12.2. The van der Waals surface area contributed by atoms with Crippen LogP contribution in [0.2, 0.25) is 0 Å². The van der Waals surface area contributed by atoms with Crippen LogP contribution in [-0.4, -0.2) is 54.0 Å². The lowest BCUT2D eigenvalue weighted by Crippen LogP contribution is -2.26. The largest absolute Gasteiger partial charge is 0.480 e. The number of anilines is 2. The molecular weight excluding hydrogens is 530 g/mol. The number of hydrogen-bond acceptors (Lipinski definition) is 7. The minimum absolute atomic E-state index is 0.0258. The number of aromatic nitrogens is 3. The molecule has 0 radical (unpaired) electrons. The van der Waals surface area contributed by atoms with Crippen molar-refractivity contribution in [3.63, 3.8) is 0 Å². The Labute approximate surface area is 223 Å². The van der Waals surface area contributed by atoms with Crippen molar-refractivity contribution in [1.29, 1.82) is 0 Å². The lowest BCUT2D eigenvalue weighted by Gasteiger charge is -2.16. The van der Waals surface area contributed by atoms with Crippen LogP contribution in [0.25, 0.3) is 22.2 Å². The lowest BCUT2D eigenvalue weighted by atomic mass is 10.1. The molecule has 1 aliphatic rings. The summed E-state index contributed by atoms with van der Waals surface area (Å²) in [6.45, 7) is 1.97. The van der Waals surface area contributed by atoms with Crippen LogP contribution in [0.3, 0.4) is 0 Å². The number of nitrogen functional groups attached to an aromatic ring is 1. The van der Waals surface area contributed by atoms with E-state index in [2.05, 4.69) is 14.7 Å². The van der Waals surface area contributed by atoms with Crippen molar-refractivity contribution in [3.8, 4) is 17.0 Å². The summed E-state index contributed by atoms with van der Waals surface area (Å²) in [7, 11) is -3.10. The van der Waals surface area contributed by atoms with Crippen molar-refractivity contribution in [3.05, 3.63) is 60.3 Å². The highest BCUT2D eigenvalue weighted by Crippen LogP contribution is 2.32. The Morgan fingerprint density at radius 1 is 1.10 bits per heavy atom. The molecule has 0 unspecified atom stereocenters. The fourth-order valence-corrected chi connectivity index (χ4v) is 5.76. The van der Waals surface area contributed by atoms with Gasteiger partial charge in [0.1, 0.15) is 22.2 Å². The number of carbonyl (C=O) groups is 1. The lowest BCUT2D eigenvalue weighted by molar-refractivity contribution is -0.127. The number of amides is 1. The van der Waals surface area contributed by atoms with E-state index in [0.29, 0.717) is 54.6 Å². The number of imidazole rings is 1. The predicted octanol–water partition coefficient (Wildman–Crippen LogP) is 3.78. The Bertz CT molecular complexity index is 1670. The van der Waals surface area contributed by atoms with Gasteiger partial charge in [0.05, 0.1) is 18.1 Å². The zero-order valence-corrected chi connectivity index (χ0v) is 21.8. The van der Waals surface area contributed by atoms with Crippen molar-refractivity contribution in [2.75, 3.05) is 30.7 Å². The number of nitrogens with one attached hydrogen (secondary N) is 1. The van der Waals surface area contributed by atoms with E-state index >= 15 is 0 Å². The summed E-state index contributed by atoms with van der Waals surface area (Å²) in [5.74, 6) is -1.64. The molecule has 1 fully saturated rings. The number of pyridine rings is 1. The first-order chi connectivity index (χ1) is 18.7. The van der Waals surface area contributed by atoms with Gasteiger partial charge in [-0.3, -0.25) is 9.52 Å². The Balaban J connectivity index is 1.44. The Hall–Kier alpha value is -4.26. The second-order valence-corrected chi connectivity index (χ2v) is 10.8. The fourth-order valence-electron chi connectivity index (χ4n) is 4.65. The predicted molar refractivity (Wildman–Crippen MR) is 142 cm³/mol. The number of carbonyl (C=O) groups excluding carboxylic acids is 1. The number of methoxy groups -OCH3 is 1. The minimum Gasteiger partial charge on any atom is -0.480 e. The van der Waals surface area contributed by atoms with E-state index in [0.717, 1.165) is 30.6 Å². The van der Waals surface area contributed by atoms with Crippen LogP contribution in [0.4, 0.5) is 20.4 Å². The molecule has 1 saturated heterocycles. The van der Waals surface area contributed by atoms with Gasteiger partial charge in [0, 0.05) is 43.9 Å². The fraction of sp³-hybridized carbons (Fsp3) is 0.269. The third kappa shape index (κ3) is 5.35. The maximum absolute atomic E-state index is 14.2. The molecule has 2 aromatic carbocycles. The number of halogens is 2. The Morgan fingerprint density at radius 3 is 2.64 bits per heavy atom. The number of hydrogen-bond donors (Lipinski definition) is 2. The number of nitrogens with zero attached hydrogens (tertiary/aromatic N) is 4. The molecule has 2 aromatic heterocycles. The smallest absolute Gasteiger partial charge is 0.264 e. The maximum Gasteiger partial charge on any atom is 0.264 e. The van der Waals surface area contributed by atoms with Crippen LogP contribution >= 0.6 is 0 Å². The van der Waals surface area contributed by atoms with Gasteiger partial charge >= 0.3 is 0 Å². The van der Waals surface area contributed by atoms with Gasteiger partial charge in [-0.05, 0) is 48.7 Å². The van der Waals surface area contributed by atoms with Gasteiger partial charge in [-0.2, -0.15) is 0 Å². The van der Waals surface area contributed by atoms with E-state index < -0.39 is 26.6 Å². The SMILES string of the molecule is COc1ncc(-c2ccc3nc(N)n(CCCN4CCCC4=O)c3c2)cc1NS(=O)(=O)c1ccc(F)cc1F. The summed E-state index contributed by atoms with van der Waals surface area (Å²) in [4.78, 5) is 21.7. The van der Waals surface area contributed by atoms with E-state index in [-0.39, 0.29) is 17.5 Å². The van der Waals surface area contributed by atoms with E-state index in [9.17, 15) is 22.0 Å². The van der Waals surface area contributed by atoms with Gasteiger partial charge in [0.15, 0.2) is 0 Å². The molecule has 10 nitrogen and oxygen atoms in total. The van der Waals surface area contributed by atoms with E-state index in [1.54, 1.807) is 12.1 Å². The molecule has 1 aliphatic heterocycles. The zero-order chi connectivity index (χ0) is 27.7. The number of fused-ring (bicyclic) bond motifs is 1. The molecule has 0 saturated carbocycles. The average Bonchev–Trinajstić information content (AvgIpc) is 3.44.